The molecule has 2 N–H and O–H groups in total. The standard InChI is InChI=1S/C12H21N3O2/c1-10(2)11(4-8-16)14-12(17)3-6-15-7-5-13-9-15/h5,7,9-11,16H,3-4,6,8H2,1-2H3,(H,14,17). The molecule has 0 radical (unpaired) electrons. The first-order valence-electron chi connectivity index (χ1n) is 5.99. The Morgan fingerprint density at radius 2 is 2.29 bits per heavy atom. The van der Waals surface area contributed by atoms with E-state index in [1.54, 1.807) is 12.5 Å². The normalized spacial score (nSPS) is 12.7. The Morgan fingerprint density at radius 1 is 1.53 bits per heavy atom. The molecule has 5 heteroatoms. The highest BCUT2D eigenvalue weighted by atomic mass is 16.3. The Morgan fingerprint density at radius 3 is 2.82 bits per heavy atom. The average molecular weight is 239 g/mol. The summed E-state index contributed by atoms with van der Waals surface area (Å²) in [5.74, 6) is 0.352. The fourth-order valence-electron chi connectivity index (χ4n) is 1.64. The summed E-state index contributed by atoms with van der Waals surface area (Å²) in [7, 11) is 0. The lowest BCUT2D eigenvalue weighted by Gasteiger charge is -2.21. The first kappa shape index (κ1) is 13.7. The number of nitrogens with zero attached hydrogens (tertiary/aromatic N) is 2. The van der Waals surface area contributed by atoms with Crippen LogP contribution in [0, 0.1) is 5.92 Å². The predicted molar refractivity (Wildman–Crippen MR) is 65.3 cm³/mol. The maximum Gasteiger partial charge on any atom is 0.222 e. The summed E-state index contributed by atoms with van der Waals surface area (Å²) in [6.45, 7) is 4.81. The first-order chi connectivity index (χ1) is 8.13. The zero-order valence-corrected chi connectivity index (χ0v) is 10.5. The van der Waals surface area contributed by atoms with Crippen LogP contribution in [-0.4, -0.2) is 33.2 Å². The molecule has 1 atom stereocenters. The molecule has 0 aliphatic carbocycles. The molecule has 1 heterocycles. The van der Waals surface area contributed by atoms with E-state index in [1.165, 1.54) is 0 Å². The maximum atomic E-state index is 11.7. The molecule has 0 saturated heterocycles. The van der Waals surface area contributed by atoms with Crippen molar-refractivity contribution in [2.24, 2.45) is 5.92 Å². The van der Waals surface area contributed by atoms with Crippen molar-refractivity contribution >= 4 is 5.91 Å². The number of carbonyl (C=O) groups excluding carboxylic acids is 1. The van der Waals surface area contributed by atoms with Crippen LogP contribution in [-0.2, 0) is 11.3 Å². The third kappa shape index (κ3) is 4.99. The summed E-state index contributed by atoms with van der Waals surface area (Å²) in [5.41, 5.74) is 0. The van der Waals surface area contributed by atoms with Gasteiger partial charge in [-0.25, -0.2) is 4.98 Å². The number of aliphatic hydroxyl groups is 1. The van der Waals surface area contributed by atoms with Crippen LogP contribution in [0.2, 0.25) is 0 Å². The number of amides is 1. The molecule has 96 valence electrons. The molecular weight excluding hydrogens is 218 g/mol. The zero-order valence-electron chi connectivity index (χ0n) is 10.5. The molecule has 5 nitrogen and oxygen atoms in total. The number of imidazole rings is 1. The molecule has 1 aromatic rings. The fourth-order valence-corrected chi connectivity index (χ4v) is 1.64. The molecule has 0 fully saturated rings. The summed E-state index contributed by atoms with van der Waals surface area (Å²) in [6, 6.07) is 0.0512. The summed E-state index contributed by atoms with van der Waals surface area (Å²) < 4.78 is 1.87. The molecule has 0 aliphatic rings. The van der Waals surface area contributed by atoms with E-state index >= 15 is 0 Å². The Labute approximate surface area is 102 Å². The minimum absolute atomic E-state index is 0.0193. The lowest BCUT2D eigenvalue weighted by Crippen LogP contribution is -2.39. The summed E-state index contributed by atoms with van der Waals surface area (Å²) in [5, 5.41) is 11.9. The highest BCUT2D eigenvalue weighted by molar-refractivity contribution is 5.76. The molecule has 0 saturated carbocycles. The van der Waals surface area contributed by atoms with Crippen molar-refractivity contribution in [2.75, 3.05) is 6.61 Å². The quantitative estimate of drug-likeness (QED) is 0.739. The van der Waals surface area contributed by atoms with Crippen molar-refractivity contribution < 1.29 is 9.90 Å². The van der Waals surface area contributed by atoms with Gasteiger partial charge >= 0.3 is 0 Å². The van der Waals surface area contributed by atoms with E-state index < -0.39 is 0 Å². The van der Waals surface area contributed by atoms with Crippen LogP contribution in [0.3, 0.4) is 0 Å². The van der Waals surface area contributed by atoms with Crippen LogP contribution >= 0.6 is 0 Å². The number of aryl methyl sites for hydroxylation is 1. The molecular formula is C12H21N3O2. The van der Waals surface area contributed by atoms with E-state index in [1.807, 2.05) is 24.6 Å². The van der Waals surface area contributed by atoms with Gasteiger partial charge in [-0.3, -0.25) is 4.79 Å². The minimum Gasteiger partial charge on any atom is -0.396 e. The molecule has 1 rings (SSSR count). The van der Waals surface area contributed by atoms with Crippen molar-refractivity contribution in [3.05, 3.63) is 18.7 Å². The van der Waals surface area contributed by atoms with Crippen molar-refractivity contribution in [3.63, 3.8) is 0 Å². The Hall–Kier alpha value is -1.36. The second-order valence-electron chi connectivity index (χ2n) is 4.48. The fraction of sp³-hybridized carbons (Fsp3) is 0.667. The highest BCUT2D eigenvalue weighted by Crippen LogP contribution is 2.06. The van der Waals surface area contributed by atoms with Crippen molar-refractivity contribution in [1.82, 2.24) is 14.9 Å². The lowest BCUT2D eigenvalue weighted by molar-refractivity contribution is -0.122. The van der Waals surface area contributed by atoms with Crippen LogP contribution in [0.4, 0.5) is 0 Å². The first-order valence-corrected chi connectivity index (χ1v) is 5.99. The zero-order chi connectivity index (χ0) is 12.7. The van der Waals surface area contributed by atoms with Gasteiger partial charge in [0, 0.05) is 38.0 Å². The van der Waals surface area contributed by atoms with Gasteiger partial charge in [-0.15, -0.1) is 0 Å². The third-order valence-electron chi connectivity index (χ3n) is 2.75. The van der Waals surface area contributed by atoms with E-state index in [9.17, 15) is 4.79 Å². The van der Waals surface area contributed by atoms with Crippen LogP contribution in [0.15, 0.2) is 18.7 Å². The Kier molecular flexibility index (Phi) is 5.69. The molecule has 1 amide bonds. The highest BCUT2D eigenvalue weighted by Gasteiger charge is 2.15. The van der Waals surface area contributed by atoms with Crippen LogP contribution in [0.25, 0.3) is 0 Å². The molecule has 1 unspecified atom stereocenters. The van der Waals surface area contributed by atoms with Gasteiger partial charge in [0.15, 0.2) is 0 Å². The molecule has 0 aromatic carbocycles. The Bertz CT molecular complexity index is 323. The predicted octanol–water partition coefficient (Wildman–Crippen LogP) is 0.796. The topological polar surface area (TPSA) is 67.2 Å². The van der Waals surface area contributed by atoms with Crippen LogP contribution < -0.4 is 5.32 Å². The van der Waals surface area contributed by atoms with Gasteiger partial charge in [0.2, 0.25) is 5.91 Å². The van der Waals surface area contributed by atoms with Crippen LogP contribution in [0.5, 0.6) is 0 Å². The number of aromatic nitrogens is 2. The van der Waals surface area contributed by atoms with E-state index in [2.05, 4.69) is 10.3 Å². The van der Waals surface area contributed by atoms with Gasteiger partial charge in [-0.05, 0) is 12.3 Å². The molecule has 0 spiro atoms. The summed E-state index contributed by atoms with van der Waals surface area (Å²) >= 11 is 0. The van der Waals surface area contributed by atoms with Gasteiger partial charge in [-0.2, -0.15) is 0 Å². The third-order valence-corrected chi connectivity index (χ3v) is 2.75. The van der Waals surface area contributed by atoms with Crippen molar-refractivity contribution in [2.45, 2.75) is 39.3 Å². The largest absolute Gasteiger partial charge is 0.396 e. The van der Waals surface area contributed by atoms with Crippen molar-refractivity contribution in [1.29, 1.82) is 0 Å². The summed E-state index contributed by atoms with van der Waals surface area (Å²) in [6.07, 6.45) is 6.27. The number of hydrogen-bond donors (Lipinski definition) is 2. The van der Waals surface area contributed by atoms with Gasteiger partial charge in [0.25, 0.3) is 0 Å². The average Bonchev–Trinajstić information content (AvgIpc) is 2.78. The SMILES string of the molecule is CC(C)C(CCO)NC(=O)CCn1ccnc1. The van der Waals surface area contributed by atoms with Gasteiger partial charge in [0.1, 0.15) is 0 Å². The van der Waals surface area contributed by atoms with E-state index in [4.69, 9.17) is 5.11 Å². The molecule has 0 bridgehead atoms. The van der Waals surface area contributed by atoms with Gasteiger partial charge in [0.05, 0.1) is 6.33 Å². The van der Waals surface area contributed by atoms with Crippen molar-refractivity contribution in [3.8, 4) is 0 Å². The van der Waals surface area contributed by atoms with Gasteiger partial charge in [-0.1, -0.05) is 13.8 Å². The second kappa shape index (κ2) is 7.06. The number of carbonyl (C=O) groups is 1. The number of nitrogens with one attached hydrogen (secondary N) is 1. The molecule has 1 aromatic heterocycles. The van der Waals surface area contributed by atoms with E-state index in [-0.39, 0.29) is 18.6 Å². The minimum atomic E-state index is 0.0193. The number of hydrogen-bond acceptors (Lipinski definition) is 3. The smallest absolute Gasteiger partial charge is 0.222 e. The second-order valence-corrected chi connectivity index (χ2v) is 4.48. The maximum absolute atomic E-state index is 11.7. The number of rotatable bonds is 7. The monoisotopic (exact) mass is 239 g/mol. The lowest BCUT2D eigenvalue weighted by atomic mass is 10.0. The van der Waals surface area contributed by atoms with E-state index in [0.29, 0.717) is 25.3 Å². The molecule has 0 aliphatic heterocycles. The number of aliphatic hydroxyl groups excluding tert-OH is 1. The van der Waals surface area contributed by atoms with E-state index in [0.717, 1.165) is 0 Å². The molecule has 17 heavy (non-hydrogen) atoms. The Balaban J connectivity index is 2.32. The van der Waals surface area contributed by atoms with Gasteiger partial charge < -0.3 is 15.0 Å². The van der Waals surface area contributed by atoms with Crippen LogP contribution in [0.1, 0.15) is 26.7 Å². The summed E-state index contributed by atoms with van der Waals surface area (Å²) in [4.78, 5) is 15.6.